The molecule has 0 aromatic heterocycles. The molecule has 1 heterocycles. The predicted octanol–water partition coefficient (Wildman–Crippen LogP) is 2.81. The summed E-state index contributed by atoms with van der Waals surface area (Å²) in [6, 6.07) is -0.549. The molecule has 0 fully saturated rings. The quantitative estimate of drug-likeness (QED) is 0.732. The molecule has 0 saturated heterocycles. The van der Waals surface area contributed by atoms with Gasteiger partial charge in [-0.25, -0.2) is 0 Å². The molecule has 0 radical (unpaired) electrons. The molecule has 1 unspecified atom stereocenters. The van der Waals surface area contributed by atoms with Gasteiger partial charge in [0, 0.05) is 0 Å². The number of hydrogen-bond acceptors (Lipinski definition) is 3. The third kappa shape index (κ3) is 3.11. The van der Waals surface area contributed by atoms with Crippen molar-refractivity contribution in [2.45, 2.75) is 24.8 Å². The van der Waals surface area contributed by atoms with Gasteiger partial charge in [0.25, 0.3) is 0 Å². The highest BCUT2D eigenvalue weighted by atomic mass is 19.4. The van der Waals surface area contributed by atoms with Crippen LogP contribution in [0.1, 0.15) is 17.5 Å². The van der Waals surface area contributed by atoms with Crippen LogP contribution in [0.5, 0.6) is 0 Å². The van der Waals surface area contributed by atoms with E-state index in [0.717, 1.165) is 0 Å². The van der Waals surface area contributed by atoms with Crippen molar-refractivity contribution in [2.75, 3.05) is 17.2 Å². The van der Waals surface area contributed by atoms with Crippen molar-refractivity contribution in [1.82, 2.24) is 0 Å². The minimum absolute atomic E-state index is 0.0167. The van der Waals surface area contributed by atoms with Gasteiger partial charge in [-0.3, -0.25) is 4.79 Å². The lowest BCUT2D eigenvalue weighted by Crippen LogP contribution is -2.41. The standard InChI is InChI=1S/C12H11F6N3O/c13-11(14,15)5-3-6(12(16,17)18)9-8(4-5)21-10(22)7(20-9)1-2-19/h3-4,7,20H,1-2,19H2,(H,21,22). The van der Waals surface area contributed by atoms with Crippen LogP contribution in [0.25, 0.3) is 0 Å². The Hall–Kier alpha value is -1.97. The summed E-state index contributed by atoms with van der Waals surface area (Å²) in [6.45, 7) is 0.0302. The lowest BCUT2D eigenvalue weighted by atomic mass is 10.0. The number of carbonyl (C=O) groups is 1. The van der Waals surface area contributed by atoms with Gasteiger partial charge in [-0.1, -0.05) is 0 Å². The second-order valence-corrected chi connectivity index (χ2v) is 4.71. The van der Waals surface area contributed by atoms with Crippen LogP contribution >= 0.6 is 0 Å². The molecule has 1 atom stereocenters. The Kier molecular flexibility index (Phi) is 3.98. The zero-order valence-corrected chi connectivity index (χ0v) is 10.9. The Bertz CT molecular complexity index is 596. The van der Waals surface area contributed by atoms with Gasteiger partial charge in [0.05, 0.1) is 22.5 Å². The van der Waals surface area contributed by atoms with E-state index >= 15 is 0 Å². The first-order valence-electron chi connectivity index (χ1n) is 6.14. The van der Waals surface area contributed by atoms with Crippen molar-refractivity contribution in [3.63, 3.8) is 0 Å². The highest BCUT2D eigenvalue weighted by Gasteiger charge is 2.42. The highest BCUT2D eigenvalue weighted by molar-refractivity contribution is 6.03. The SMILES string of the molecule is NCCC1Nc2c(cc(C(F)(F)F)cc2C(F)(F)F)NC1=O. The minimum atomic E-state index is -5.01. The summed E-state index contributed by atoms with van der Waals surface area (Å²) in [5, 5.41) is 4.38. The van der Waals surface area contributed by atoms with Gasteiger partial charge >= 0.3 is 12.4 Å². The maximum atomic E-state index is 13.0. The number of fused-ring (bicyclic) bond motifs is 1. The number of halogens is 6. The van der Waals surface area contributed by atoms with E-state index in [4.69, 9.17) is 5.73 Å². The molecule has 1 amide bonds. The molecule has 0 spiro atoms. The fourth-order valence-corrected chi connectivity index (χ4v) is 2.11. The zero-order valence-electron chi connectivity index (χ0n) is 10.9. The number of rotatable bonds is 2. The maximum Gasteiger partial charge on any atom is 0.418 e. The lowest BCUT2D eigenvalue weighted by Gasteiger charge is -2.29. The van der Waals surface area contributed by atoms with E-state index in [1.807, 2.05) is 0 Å². The molecule has 10 heteroatoms. The van der Waals surface area contributed by atoms with Gasteiger partial charge < -0.3 is 16.4 Å². The third-order valence-corrected chi connectivity index (χ3v) is 3.12. The van der Waals surface area contributed by atoms with Crippen LogP contribution in [-0.4, -0.2) is 18.5 Å². The van der Waals surface area contributed by atoms with Crippen LogP contribution in [-0.2, 0) is 17.1 Å². The van der Waals surface area contributed by atoms with Crippen LogP contribution in [0.2, 0.25) is 0 Å². The topological polar surface area (TPSA) is 67.2 Å². The molecule has 4 nitrogen and oxygen atoms in total. The van der Waals surface area contributed by atoms with E-state index < -0.39 is 46.8 Å². The predicted molar refractivity (Wildman–Crippen MR) is 66.2 cm³/mol. The summed E-state index contributed by atoms with van der Waals surface area (Å²) in [6.07, 6.45) is -9.93. The molecule has 1 aliphatic heterocycles. The number of nitrogens with one attached hydrogen (secondary N) is 2. The first-order chi connectivity index (χ1) is 10.0. The molecule has 22 heavy (non-hydrogen) atoms. The molecule has 1 aliphatic rings. The van der Waals surface area contributed by atoms with Gasteiger partial charge in [0.15, 0.2) is 0 Å². The van der Waals surface area contributed by atoms with Crippen LogP contribution < -0.4 is 16.4 Å². The average molecular weight is 327 g/mol. The molecule has 122 valence electrons. The van der Waals surface area contributed by atoms with Crippen molar-refractivity contribution in [3.05, 3.63) is 23.3 Å². The highest BCUT2D eigenvalue weighted by Crippen LogP contribution is 2.44. The van der Waals surface area contributed by atoms with Gasteiger partial charge in [-0.2, -0.15) is 26.3 Å². The van der Waals surface area contributed by atoms with Crippen LogP contribution in [0.15, 0.2) is 12.1 Å². The normalized spacial score (nSPS) is 18.5. The summed E-state index contributed by atoms with van der Waals surface area (Å²) < 4.78 is 77.1. The number of carbonyl (C=O) groups excluding carboxylic acids is 1. The number of alkyl halides is 6. The number of benzene rings is 1. The summed E-state index contributed by atoms with van der Waals surface area (Å²) in [5.41, 5.74) is 1.14. The maximum absolute atomic E-state index is 13.0. The zero-order chi connectivity index (χ0) is 16.7. The molecule has 4 N–H and O–H groups in total. The summed E-state index contributed by atoms with van der Waals surface area (Å²) in [4.78, 5) is 11.7. The van der Waals surface area contributed by atoms with Gasteiger partial charge in [0.2, 0.25) is 5.91 Å². The molecule has 2 rings (SSSR count). The fraction of sp³-hybridized carbons (Fsp3) is 0.417. The third-order valence-electron chi connectivity index (χ3n) is 3.12. The Balaban J connectivity index is 2.58. The van der Waals surface area contributed by atoms with E-state index in [1.165, 1.54) is 0 Å². The second-order valence-electron chi connectivity index (χ2n) is 4.71. The minimum Gasteiger partial charge on any atom is -0.371 e. The largest absolute Gasteiger partial charge is 0.418 e. The van der Waals surface area contributed by atoms with E-state index in [-0.39, 0.29) is 19.0 Å². The monoisotopic (exact) mass is 327 g/mol. The Morgan fingerprint density at radius 2 is 1.73 bits per heavy atom. The summed E-state index contributed by atoms with van der Waals surface area (Å²) in [7, 11) is 0. The smallest absolute Gasteiger partial charge is 0.371 e. The summed E-state index contributed by atoms with van der Waals surface area (Å²) >= 11 is 0. The lowest BCUT2D eigenvalue weighted by molar-refractivity contribution is -0.142. The first-order valence-corrected chi connectivity index (χ1v) is 6.14. The number of nitrogens with two attached hydrogens (primary N) is 1. The van der Waals surface area contributed by atoms with Crippen LogP contribution in [0.3, 0.4) is 0 Å². The second kappa shape index (κ2) is 5.34. The van der Waals surface area contributed by atoms with Crippen LogP contribution in [0, 0.1) is 0 Å². The van der Waals surface area contributed by atoms with E-state index in [1.54, 1.807) is 0 Å². The number of hydrogen-bond donors (Lipinski definition) is 3. The molecule has 1 aromatic carbocycles. The van der Waals surface area contributed by atoms with Crippen molar-refractivity contribution in [1.29, 1.82) is 0 Å². The van der Waals surface area contributed by atoms with Crippen molar-refractivity contribution < 1.29 is 31.1 Å². The van der Waals surface area contributed by atoms with E-state index in [0.29, 0.717) is 6.07 Å². The Labute approximate surface area is 120 Å². The number of amides is 1. The molecule has 0 bridgehead atoms. The first kappa shape index (κ1) is 16.4. The Morgan fingerprint density at radius 1 is 1.09 bits per heavy atom. The molecule has 0 saturated carbocycles. The summed E-state index contributed by atoms with van der Waals surface area (Å²) in [5.74, 6) is -0.731. The number of anilines is 2. The fourth-order valence-electron chi connectivity index (χ4n) is 2.11. The van der Waals surface area contributed by atoms with Crippen molar-refractivity contribution >= 4 is 17.3 Å². The van der Waals surface area contributed by atoms with E-state index in [9.17, 15) is 31.1 Å². The van der Waals surface area contributed by atoms with Gasteiger partial charge in [-0.15, -0.1) is 0 Å². The van der Waals surface area contributed by atoms with Crippen molar-refractivity contribution in [3.8, 4) is 0 Å². The molecule has 0 aliphatic carbocycles. The van der Waals surface area contributed by atoms with Gasteiger partial charge in [-0.05, 0) is 25.1 Å². The average Bonchev–Trinajstić information content (AvgIpc) is 2.36. The van der Waals surface area contributed by atoms with Gasteiger partial charge in [0.1, 0.15) is 6.04 Å². The van der Waals surface area contributed by atoms with Crippen molar-refractivity contribution in [2.24, 2.45) is 5.73 Å². The Morgan fingerprint density at radius 3 is 2.23 bits per heavy atom. The molecular weight excluding hydrogens is 316 g/mol. The molecule has 1 aromatic rings. The van der Waals surface area contributed by atoms with Crippen LogP contribution in [0.4, 0.5) is 37.7 Å². The van der Waals surface area contributed by atoms with E-state index in [2.05, 4.69) is 10.6 Å². The molecular formula is C12H11F6N3O.